The van der Waals surface area contributed by atoms with E-state index < -0.39 is 34.5 Å². The van der Waals surface area contributed by atoms with Gasteiger partial charge >= 0.3 is 5.97 Å². The minimum Gasteiger partial charge on any atom is -0.614 e. The normalized spacial score (nSPS) is 24.7. The van der Waals surface area contributed by atoms with Crippen molar-refractivity contribution >= 4 is 44.9 Å². The Balaban J connectivity index is 1.67. The lowest BCUT2D eigenvalue weighted by molar-refractivity contribution is -0.152. The summed E-state index contributed by atoms with van der Waals surface area (Å²) in [5, 5.41) is 1.88. The maximum absolute atomic E-state index is 12.4. The fraction of sp³-hybridized carbons (Fsp3) is 0.312. The van der Waals surface area contributed by atoms with E-state index in [9.17, 15) is 18.9 Å². The minimum atomic E-state index is -1.39. The number of halogens is 1. The molecule has 9 heteroatoms. The highest BCUT2D eigenvalue weighted by Crippen LogP contribution is 2.34. The van der Waals surface area contributed by atoms with Crippen LogP contribution in [0.3, 0.4) is 0 Å². The molecular weight excluding hydrogens is 412 g/mol. The first-order valence-electron chi connectivity index (χ1n) is 7.49. The highest BCUT2D eigenvalue weighted by Gasteiger charge is 2.59. The fourth-order valence-corrected chi connectivity index (χ4v) is 4.46. The standard InChI is InChI=1S/C16H15BrN2O5S/c17-9-24-16(22)11-6-7-25(23)15-13(14(21)19(11)15)18-12(20)8-10-4-2-1-3-5-10/h1-6,13,15H,7-9H2,(H,18,20)/t13?,15-,25?/m0/s1. The lowest BCUT2D eigenvalue weighted by Crippen LogP contribution is -2.74. The van der Waals surface area contributed by atoms with E-state index in [1.54, 1.807) is 0 Å². The van der Waals surface area contributed by atoms with Crippen molar-refractivity contribution in [2.75, 3.05) is 11.3 Å². The lowest BCUT2D eigenvalue weighted by atomic mass is 10.0. The van der Waals surface area contributed by atoms with Gasteiger partial charge in [-0.15, -0.1) is 0 Å². The molecule has 1 saturated heterocycles. The van der Waals surface area contributed by atoms with Crippen LogP contribution in [0.2, 0.25) is 0 Å². The van der Waals surface area contributed by atoms with Gasteiger partial charge in [-0.2, -0.15) is 0 Å². The number of hydrogen-bond acceptors (Lipinski definition) is 5. The van der Waals surface area contributed by atoms with Crippen LogP contribution in [0.5, 0.6) is 0 Å². The summed E-state index contributed by atoms with van der Waals surface area (Å²) in [5.74, 6) is -1.33. The summed E-state index contributed by atoms with van der Waals surface area (Å²) in [6.07, 6.45) is 1.55. The zero-order chi connectivity index (χ0) is 18.0. The van der Waals surface area contributed by atoms with Crippen LogP contribution >= 0.6 is 15.9 Å². The van der Waals surface area contributed by atoms with E-state index in [1.165, 1.54) is 6.08 Å². The number of nitrogens with zero attached hydrogens (tertiary/aromatic N) is 1. The third-order valence-electron chi connectivity index (χ3n) is 3.93. The van der Waals surface area contributed by atoms with Crippen LogP contribution in [-0.4, -0.2) is 49.9 Å². The Kier molecular flexibility index (Phi) is 5.45. The Morgan fingerprint density at radius 3 is 2.76 bits per heavy atom. The Hall–Kier alpha value is -1.84. The van der Waals surface area contributed by atoms with E-state index in [1.807, 2.05) is 30.3 Å². The molecule has 1 aromatic carbocycles. The van der Waals surface area contributed by atoms with Gasteiger partial charge < -0.3 is 14.6 Å². The summed E-state index contributed by atoms with van der Waals surface area (Å²) in [5.41, 5.74) is 0.883. The number of carbonyl (C=O) groups excluding carboxylic acids is 3. The molecule has 2 unspecified atom stereocenters. The van der Waals surface area contributed by atoms with E-state index in [2.05, 4.69) is 21.2 Å². The van der Waals surface area contributed by atoms with Gasteiger partial charge in [0.2, 0.25) is 11.3 Å². The van der Waals surface area contributed by atoms with Gasteiger partial charge in [0, 0.05) is 0 Å². The van der Waals surface area contributed by atoms with E-state index >= 15 is 0 Å². The number of alkyl halides is 1. The summed E-state index contributed by atoms with van der Waals surface area (Å²) in [6.45, 7) is 0. The maximum Gasteiger partial charge on any atom is 0.355 e. The van der Waals surface area contributed by atoms with Crippen molar-refractivity contribution in [3.8, 4) is 0 Å². The van der Waals surface area contributed by atoms with Gasteiger partial charge in [0.1, 0.15) is 17.0 Å². The summed E-state index contributed by atoms with van der Waals surface area (Å²) >= 11 is 1.59. The number of carbonyl (C=O) groups is 3. The van der Waals surface area contributed by atoms with Crippen LogP contribution in [-0.2, 0) is 36.7 Å². The lowest BCUT2D eigenvalue weighted by Gasteiger charge is -2.47. The van der Waals surface area contributed by atoms with E-state index in [0.29, 0.717) is 0 Å². The zero-order valence-electron chi connectivity index (χ0n) is 13.0. The molecule has 2 aliphatic heterocycles. The van der Waals surface area contributed by atoms with Crippen molar-refractivity contribution in [1.29, 1.82) is 0 Å². The number of esters is 1. The molecular formula is C16H15BrN2O5S. The number of ether oxygens (including phenoxy) is 1. The van der Waals surface area contributed by atoms with Crippen molar-refractivity contribution in [3.05, 3.63) is 47.7 Å². The quantitative estimate of drug-likeness (QED) is 0.318. The smallest absolute Gasteiger partial charge is 0.355 e. The van der Waals surface area contributed by atoms with Crippen LogP contribution in [0.25, 0.3) is 0 Å². The molecule has 3 atom stereocenters. The zero-order valence-corrected chi connectivity index (χ0v) is 15.4. The van der Waals surface area contributed by atoms with E-state index in [-0.39, 0.29) is 29.3 Å². The topological polar surface area (TPSA) is 98.8 Å². The largest absolute Gasteiger partial charge is 0.614 e. The van der Waals surface area contributed by atoms with Gasteiger partial charge in [-0.05, 0) is 38.7 Å². The Bertz CT molecular complexity index is 726. The van der Waals surface area contributed by atoms with Crippen LogP contribution < -0.4 is 5.32 Å². The van der Waals surface area contributed by atoms with Crippen molar-refractivity contribution in [2.24, 2.45) is 0 Å². The van der Waals surface area contributed by atoms with Gasteiger partial charge in [0.25, 0.3) is 5.91 Å². The molecule has 0 radical (unpaired) electrons. The molecule has 2 amide bonds. The Morgan fingerprint density at radius 2 is 2.08 bits per heavy atom. The molecule has 1 N–H and O–H groups in total. The number of hydrogen-bond donors (Lipinski definition) is 1. The second kappa shape index (κ2) is 7.59. The van der Waals surface area contributed by atoms with Gasteiger partial charge in [0.15, 0.2) is 6.04 Å². The number of rotatable bonds is 5. The average molecular weight is 427 g/mol. The molecule has 0 saturated carbocycles. The van der Waals surface area contributed by atoms with Gasteiger partial charge in [-0.25, -0.2) is 4.79 Å². The predicted molar refractivity (Wildman–Crippen MR) is 93.7 cm³/mol. The van der Waals surface area contributed by atoms with Crippen molar-refractivity contribution in [2.45, 2.75) is 17.8 Å². The molecule has 2 aliphatic rings. The highest BCUT2D eigenvalue weighted by molar-refractivity contribution is 9.09. The summed E-state index contributed by atoms with van der Waals surface area (Å²) in [7, 11) is 0. The minimum absolute atomic E-state index is 0.00377. The third-order valence-corrected chi connectivity index (χ3v) is 5.68. The maximum atomic E-state index is 12.4. The van der Waals surface area contributed by atoms with Crippen molar-refractivity contribution in [3.63, 3.8) is 0 Å². The highest BCUT2D eigenvalue weighted by atomic mass is 79.9. The predicted octanol–water partition coefficient (Wildman–Crippen LogP) is 0.424. The van der Waals surface area contributed by atoms with Crippen molar-refractivity contribution < 1.29 is 23.7 Å². The van der Waals surface area contributed by atoms with E-state index in [4.69, 9.17) is 4.74 Å². The number of β-lactam (4-membered cyclic amide) rings is 1. The van der Waals surface area contributed by atoms with Crippen LogP contribution in [0.1, 0.15) is 5.56 Å². The first kappa shape index (κ1) is 18.0. The molecule has 1 aromatic rings. The van der Waals surface area contributed by atoms with Crippen LogP contribution in [0, 0.1) is 0 Å². The third kappa shape index (κ3) is 3.58. The van der Waals surface area contributed by atoms with Gasteiger partial charge in [0.05, 0.1) is 6.42 Å². The number of amides is 2. The average Bonchev–Trinajstić information content (AvgIpc) is 2.60. The molecule has 0 spiro atoms. The van der Waals surface area contributed by atoms with E-state index in [0.717, 1.165) is 10.5 Å². The molecule has 0 aliphatic carbocycles. The van der Waals surface area contributed by atoms with Crippen molar-refractivity contribution in [1.82, 2.24) is 10.2 Å². The first-order chi connectivity index (χ1) is 12.0. The molecule has 7 nitrogen and oxygen atoms in total. The number of fused-ring (bicyclic) bond motifs is 1. The van der Waals surface area contributed by atoms with Crippen LogP contribution in [0.4, 0.5) is 0 Å². The first-order valence-corrected chi connectivity index (χ1v) is 10.00. The Labute approximate surface area is 155 Å². The molecule has 1 fully saturated rings. The SMILES string of the molecule is O=C(Cc1ccccc1)NC1C(=O)N2C(C(=O)OCBr)=CC[S+]([O-])[C@@H]12. The summed E-state index contributed by atoms with van der Waals surface area (Å²) in [6, 6.07) is 8.22. The van der Waals surface area contributed by atoms with Gasteiger partial charge in [-0.3, -0.25) is 14.5 Å². The molecule has 0 bridgehead atoms. The monoisotopic (exact) mass is 426 g/mol. The summed E-state index contributed by atoms with van der Waals surface area (Å²) < 4.78 is 17.1. The number of benzene rings is 1. The fourth-order valence-electron chi connectivity index (χ4n) is 2.79. The molecule has 2 heterocycles. The second-order valence-electron chi connectivity index (χ2n) is 5.48. The number of nitrogens with one attached hydrogen (secondary N) is 1. The molecule has 3 rings (SSSR count). The second-order valence-corrected chi connectivity index (χ2v) is 7.52. The van der Waals surface area contributed by atoms with Crippen LogP contribution in [0.15, 0.2) is 42.1 Å². The van der Waals surface area contributed by atoms with Gasteiger partial charge in [-0.1, -0.05) is 30.3 Å². The molecule has 25 heavy (non-hydrogen) atoms. The summed E-state index contributed by atoms with van der Waals surface area (Å²) in [4.78, 5) is 37.6. The Morgan fingerprint density at radius 1 is 1.36 bits per heavy atom. The molecule has 0 aromatic heterocycles. The molecule has 132 valence electrons.